The summed E-state index contributed by atoms with van der Waals surface area (Å²) in [6.07, 6.45) is -1.08. The first-order valence-corrected chi connectivity index (χ1v) is 12.6. The van der Waals surface area contributed by atoms with Crippen molar-refractivity contribution in [1.29, 1.82) is 0 Å². The van der Waals surface area contributed by atoms with Crippen LogP contribution in [0.2, 0.25) is 0 Å². The molecule has 1 saturated carbocycles. The number of aliphatic hydroxyl groups excluding tert-OH is 1. The highest BCUT2D eigenvalue weighted by atomic mass is 19.4. The van der Waals surface area contributed by atoms with Crippen molar-refractivity contribution >= 4 is 22.7 Å². The van der Waals surface area contributed by atoms with E-state index in [0.29, 0.717) is 28.8 Å². The van der Waals surface area contributed by atoms with Gasteiger partial charge in [0.15, 0.2) is 0 Å². The number of aromatic nitrogens is 4. The van der Waals surface area contributed by atoms with Crippen molar-refractivity contribution in [2.24, 2.45) is 5.41 Å². The number of ether oxygens (including phenoxy) is 1. The minimum Gasteiger partial charge on any atom is -0.387 e. The van der Waals surface area contributed by atoms with E-state index in [1.807, 2.05) is 25.1 Å². The summed E-state index contributed by atoms with van der Waals surface area (Å²) in [5.74, 6) is -0.195. The van der Waals surface area contributed by atoms with Gasteiger partial charge in [0.2, 0.25) is 11.8 Å². The molecule has 1 aromatic carbocycles. The fraction of sp³-hybridized carbons (Fsp3) is 0.500. The van der Waals surface area contributed by atoms with Gasteiger partial charge in [0.05, 0.1) is 23.9 Å². The predicted molar refractivity (Wildman–Crippen MR) is 133 cm³/mol. The normalized spacial score (nSPS) is 23.1. The third kappa shape index (κ3) is 5.46. The van der Waals surface area contributed by atoms with E-state index in [-0.39, 0.29) is 30.5 Å². The van der Waals surface area contributed by atoms with Crippen molar-refractivity contribution in [2.75, 3.05) is 13.2 Å². The number of halogens is 3. The largest absolute Gasteiger partial charge is 0.522 e. The first-order chi connectivity index (χ1) is 18.4. The van der Waals surface area contributed by atoms with Gasteiger partial charge in [0, 0.05) is 35.9 Å². The number of carbonyl (C=O) groups excluding carboxylic acids is 2. The van der Waals surface area contributed by atoms with Crippen molar-refractivity contribution in [3.05, 3.63) is 42.1 Å². The molecular formula is C26H29F3N6O4. The number of likely N-dealkylation sites (tertiary alicyclic amines) is 1. The number of benzene rings is 1. The molecule has 2 aliphatic rings. The topological polar surface area (TPSA) is 122 Å². The van der Waals surface area contributed by atoms with Gasteiger partial charge >= 0.3 is 6.36 Å². The summed E-state index contributed by atoms with van der Waals surface area (Å²) in [6.45, 7) is 4.17. The van der Waals surface area contributed by atoms with Crippen LogP contribution in [0.5, 0.6) is 0 Å². The monoisotopic (exact) mass is 546 g/mol. The lowest BCUT2D eigenvalue weighted by Crippen LogP contribution is -2.49. The molecule has 10 nitrogen and oxygen atoms in total. The average molecular weight is 547 g/mol. The number of carbonyl (C=O) groups is 2. The number of amides is 2. The average Bonchev–Trinajstić information content (AvgIpc) is 3.23. The van der Waals surface area contributed by atoms with Gasteiger partial charge in [0.25, 0.3) is 0 Å². The van der Waals surface area contributed by atoms with Crippen molar-refractivity contribution < 1.29 is 32.6 Å². The molecule has 3 aromatic rings. The molecule has 0 radical (unpaired) electrons. The minimum atomic E-state index is -4.78. The van der Waals surface area contributed by atoms with Gasteiger partial charge in [-0.15, -0.1) is 13.2 Å². The molecular weight excluding hydrogens is 517 g/mol. The standard InChI is InChI=1S/C26H29F3N6O4/c1-14(36)23-18-8-16(17-11-31-15(2)32-12-17)4-5-19(18)34(33-23)13-22(37)35-20(9-25(3)10-21(25)35)24(38)30-6-7-39-26(27,28)29/h4-5,8,11-12,14,20-21,36H,6-7,9-10,13H2,1-3H3,(H,30,38)/t14?,20-,21?,25-/m0/s1. The Morgan fingerprint density at radius 3 is 2.62 bits per heavy atom. The van der Waals surface area contributed by atoms with E-state index in [1.54, 1.807) is 26.2 Å². The number of rotatable bonds is 8. The number of hydrogen-bond donors (Lipinski definition) is 2. The van der Waals surface area contributed by atoms with Crippen LogP contribution in [-0.2, 0) is 20.9 Å². The number of aryl methyl sites for hydroxylation is 1. The smallest absolute Gasteiger partial charge is 0.387 e. The molecule has 4 atom stereocenters. The molecule has 39 heavy (non-hydrogen) atoms. The molecule has 2 aromatic heterocycles. The van der Waals surface area contributed by atoms with Crippen LogP contribution >= 0.6 is 0 Å². The van der Waals surface area contributed by atoms with Gasteiger partial charge in [-0.3, -0.25) is 19.0 Å². The van der Waals surface area contributed by atoms with Crippen molar-refractivity contribution in [3.8, 4) is 11.1 Å². The Hall–Kier alpha value is -3.58. The van der Waals surface area contributed by atoms with Gasteiger partial charge in [-0.2, -0.15) is 5.10 Å². The summed E-state index contributed by atoms with van der Waals surface area (Å²) < 4.78 is 41.9. The molecule has 0 spiro atoms. The van der Waals surface area contributed by atoms with Crippen LogP contribution in [0.15, 0.2) is 30.6 Å². The van der Waals surface area contributed by atoms with Gasteiger partial charge in [-0.05, 0) is 49.8 Å². The molecule has 1 aliphatic heterocycles. The number of aliphatic hydroxyl groups is 1. The lowest BCUT2D eigenvalue weighted by Gasteiger charge is -2.27. The third-order valence-corrected chi connectivity index (χ3v) is 7.47. The summed E-state index contributed by atoms with van der Waals surface area (Å²) in [7, 11) is 0. The third-order valence-electron chi connectivity index (χ3n) is 7.47. The molecule has 2 fully saturated rings. The fourth-order valence-corrected chi connectivity index (χ4v) is 5.38. The zero-order valence-corrected chi connectivity index (χ0v) is 21.7. The molecule has 2 amide bonds. The highest BCUT2D eigenvalue weighted by molar-refractivity contribution is 5.91. The fourth-order valence-electron chi connectivity index (χ4n) is 5.38. The molecule has 13 heteroatoms. The Labute approximate surface area is 222 Å². The number of nitrogens with one attached hydrogen (secondary N) is 1. The number of hydrogen-bond acceptors (Lipinski definition) is 7. The highest BCUT2D eigenvalue weighted by Crippen LogP contribution is 2.59. The van der Waals surface area contributed by atoms with E-state index in [0.717, 1.165) is 17.5 Å². The van der Waals surface area contributed by atoms with Crippen LogP contribution < -0.4 is 5.32 Å². The summed E-state index contributed by atoms with van der Waals surface area (Å²) in [6, 6.07) is 4.62. The molecule has 208 valence electrons. The Bertz CT molecular complexity index is 1410. The van der Waals surface area contributed by atoms with Crippen LogP contribution in [-0.4, -0.2) is 73.2 Å². The van der Waals surface area contributed by atoms with Crippen LogP contribution in [0.25, 0.3) is 22.0 Å². The van der Waals surface area contributed by atoms with Crippen LogP contribution in [0.4, 0.5) is 13.2 Å². The quantitative estimate of drug-likeness (QED) is 0.417. The van der Waals surface area contributed by atoms with Crippen molar-refractivity contribution in [3.63, 3.8) is 0 Å². The van der Waals surface area contributed by atoms with Gasteiger partial charge in [-0.1, -0.05) is 13.0 Å². The van der Waals surface area contributed by atoms with Gasteiger partial charge in [-0.25, -0.2) is 9.97 Å². The Balaban J connectivity index is 1.36. The summed E-state index contributed by atoms with van der Waals surface area (Å²) >= 11 is 0. The molecule has 2 unspecified atom stereocenters. The molecule has 3 heterocycles. The van der Waals surface area contributed by atoms with E-state index >= 15 is 0 Å². The second-order valence-electron chi connectivity index (χ2n) is 10.4. The Morgan fingerprint density at radius 2 is 1.95 bits per heavy atom. The van der Waals surface area contributed by atoms with Gasteiger partial charge < -0.3 is 15.3 Å². The maximum absolute atomic E-state index is 13.5. The molecule has 0 bridgehead atoms. The Kier molecular flexibility index (Phi) is 6.83. The van der Waals surface area contributed by atoms with E-state index in [1.165, 1.54) is 9.58 Å². The number of fused-ring (bicyclic) bond motifs is 2. The molecule has 2 N–H and O–H groups in total. The van der Waals surface area contributed by atoms with E-state index in [9.17, 15) is 27.9 Å². The summed E-state index contributed by atoms with van der Waals surface area (Å²) in [5.41, 5.74) is 2.46. The van der Waals surface area contributed by atoms with E-state index in [4.69, 9.17) is 0 Å². The number of alkyl halides is 3. The maximum Gasteiger partial charge on any atom is 0.522 e. The molecule has 1 aliphatic carbocycles. The number of nitrogens with zero attached hydrogens (tertiary/aromatic N) is 5. The van der Waals surface area contributed by atoms with Crippen molar-refractivity contribution in [2.45, 2.75) is 64.7 Å². The second kappa shape index (κ2) is 9.87. The number of piperidine rings is 1. The van der Waals surface area contributed by atoms with Crippen LogP contribution in [0.1, 0.15) is 44.3 Å². The van der Waals surface area contributed by atoms with Gasteiger partial charge in [0.1, 0.15) is 18.4 Å². The summed E-state index contributed by atoms with van der Waals surface area (Å²) in [4.78, 5) is 36.4. The summed E-state index contributed by atoms with van der Waals surface area (Å²) in [5, 5.41) is 18.1. The van der Waals surface area contributed by atoms with Crippen molar-refractivity contribution in [1.82, 2.24) is 30.0 Å². The predicted octanol–water partition coefficient (Wildman–Crippen LogP) is 2.89. The minimum absolute atomic E-state index is 0.127. The first-order valence-electron chi connectivity index (χ1n) is 12.6. The zero-order valence-electron chi connectivity index (χ0n) is 21.7. The maximum atomic E-state index is 13.5. The van der Waals surface area contributed by atoms with Crippen LogP contribution in [0.3, 0.4) is 0 Å². The van der Waals surface area contributed by atoms with E-state index < -0.39 is 31.0 Å². The SMILES string of the molecule is Cc1ncc(-c2ccc3c(c2)c(C(C)O)nn3CC(=O)N2C3C[C@]3(C)C[C@H]2C(=O)NCCOC(F)(F)F)cn1. The lowest BCUT2D eigenvalue weighted by atomic mass is 10.0. The van der Waals surface area contributed by atoms with E-state index in [2.05, 4.69) is 25.1 Å². The lowest BCUT2D eigenvalue weighted by molar-refractivity contribution is -0.323. The zero-order chi connectivity index (χ0) is 28.1. The van der Waals surface area contributed by atoms with Crippen LogP contribution in [0, 0.1) is 12.3 Å². The molecule has 1 saturated heterocycles. The second-order valence-corrected chi connectivity index (χ2v) is 10.4. The first kappa shape index (κ1) is 27.0. The Morgan fingerprint density at radius 1 is 1.23 bits per heavy atom. The molecule has 5 rings (SSSR count). The highest BCUT2D eigenvalue weighted by Gasteiger charge is 2.64.